The Kier molecular flexibility index (Phi) is 2.29. The maximum atomic E-state index is 6.16. The summed E-state index contributed by atoms with van der Waals surface area (Å²) in [5, 5.41) is 2.22. The third-order valence-corrected chi connectivity index (χ3v) is 5.31. The number of aromatic nitrogens is 1. The molecule has 0 atom stereocenters. The highest BCUT2D eigenvalue weighted by Gasteiger charge is 2.38. The van der Waals surface area contributed by atoms with E-state index >= 15 is 0 Å². The summed E-state index contributed by atoms with van der Waals surface area (Å²) in [7, 11) is 0. The second kappa shape index (κ2) is 3.77. The van der Waals surface area contributed by atoms with Gasteiger partial charge in [-0.2, -0.15) is 0 Å². The molecule has 0 saturated heterocycles. The van der Waals surface area contributed by atoms with Crippen molar-refractivity contribution in [3.8, 4) is 0 Å². The minimum atomic E-state index is 0.616. The molecule has 1 nitrogen and oxygen atoms in total. The molecule has 94 valence electrons. The zero-order valence-corrected chi connectivity index (χ0v) is 11.3. The van der Waals surface area contributed by atoms with Gasteiger partial charge in [-0.1, -0.05) is 24.4 Å². The van der Waals surface area contributed by atoms with E-state index in [4.69, 9.17) is 11.6 Å². The van der Waals surface area contributed by atoms with Crippen molar-refractivity contribution in [3.63, 3.8) is 0 Å². The third-order valence-electron chi connectivity index (χ3n) is 5.08. The average molecular weight is 260 g/mol. The molecule has 1 spiro atoms. The molecular weight excluding hydrogens is 242 g/mol. The van der Waals surface area contributed by atoms with E-state index in [0.717, 1.165) is 5.02 Å². The van der Waals surface area contributed by atoms with Crippen LogP contribution >= 0.6 is 11.6 Å². The van der Waals surface area contributed by atoms with E-state index in [1.54, 1.807) is 5.56 Å². The number of benzene rings is 1. The van der Waals surface area contributed by atoms with Gasteiger partial charge in [0.25, 0.3) is 0 Å². The van der Waals surface area contributed by atoms with E-state index < -0.39 is 0 Å². The molecule has 2 heteroatoms. The van der Waals surface area contributed by atoms with Crippen molar-refractivity contribution in [2.24, 2.45) is 5.41 Å². The van der Waals surface area contributed by atoms with Crippen LogP contribution < -0.4 is 0 Å². The van der Waals surface area contributed by atoms with Gasteiger partial charge >= 0.3 is 0 Å². The number of aromatic amines is 1. The minimum Gasteiger partial charge on any atom is -0.358 e. The van der Waals surface area contributed by atoms with Gasteiger partial charge in [-0.15, -0.1) is 0 Å². The molecule has 1 aromatic carbocycles. The fourth-order valence-corrected chi connectivity index (χ4v) is 4.27. The van der Waals surface area contributed by atoms with Crippen molar-refractivity contribution in [2.75, 3.05) is 0 Å². The van der Waals surface area contributed by atoms with Gasteiger partial charge in [0.05, 0.1) is 0 Å². The lowest BCUT2D eigenvalue weighted by Gasteiger charge is -2.33. The van der Waals surface area contributed by atoms with Gasteiger partial charge in [-0.3, -0.25) is 0 Å². The van der Waals surface area contributed by atoms with E-state index in [1.165, 1.54) is 61.5 Å². The molecule has 0 aliphatic heterocycles. The van der Waals surface area contributed by atoms with Crippen LogP contribution in [-0.2, 0) is 12.8 Å². The van der Waals surface area contributed by atoms with Gasteiger partial charge in [0.2, 0.25) is 0 Å². The lowest BCUT2D eigenvalue weighted by Crippen LogP contribution is -2.25. The van der Waals surface area contributed by atoms with Crippen LogP contribution in [0.3, 0.4) is 0 Å². The van der Waals surface area contributed by atoms with Gasteiger partial charge in [0.15, 0.2) is 0 Å². The summed E-state index contributed by atoms with van der Waals surface area (Å²) in [5.74, 6) is 0. The average Bonchev–Trinajstić information content (AvgIpc) is 2.95. The fourth-order valence-electron chi connectivity index (χ4n) is 4.10. The zero-order chi connectivity index (χ0) is 12.2. The molecule has 1 heterocycles. The topological polar surface area (TPSA) is 15.8 Å². The second-order valence-electron chi connectivity index (χ2n) is 6.16. The van der Waals surface area contributed by atoms with Crippen molar-refractivity contribution >= 4 is 22.5 Å². The summed E-state index contributed by atoms with van der Waals surface area (Å²) in [5.41, 5.74) is 4.90. The van der Waals surface area contributed by atoms with Gasteiger partial charge in [0, 0.05) is 21.6 Å². The Morgan fingerprint density at radius 3 is 2.78 bits per heavy atom. The largest absolute Gasteiger partial charge is 0.358 e. The number of nitrogens with one attached hydrogen (secondary N) is 1. The molecule has 1 N–H and O–H groups in total. The van der Waals surface area contributed by atoms with E-state index in [0.29, 0.717) is 5.41 Å². The first-order valence-corrected chi connectivity index (χ1v) is 7.43. The molecule has 0 bridgehead atoms. The van der Waals surface area contributed by atoms with Crippen molar-refractivity contribution < 1.29 is 0 Å². The number of rotatable bonds is 0. The number of H-pyrrole nitrogens is 1. The molecule has 1 fully saturated rings. The first-order chi connectivity index (χ1) is 8.76. The Morgan fingerprint density at radius 2 is 1.94 bits per heavy atom. The van der Waals surface area contributed by atoms with Crippen LogP contribution in [0.2, 0.25) is 5.02 Å². The highest BCUT2D eigenvalue weighted by Crippen LogP contribution is 2.49. The Labute approximate surface area is 113 Å². The second-order valence-corrected chi connectivity index (χ2v) is 6.59. The molecular formula is C16H18ClN. The van der Waals surface area contributed by atoms with Crippen LogP contribution in [0.1, 0.15) is 43.4 Å². The molecule has 18 heavy (non-hydrogen) atoms. The van der Waals surface area contributed by atoms with Crippen LogP contribution in [0.15, 0.2) is 18.2 Å². The summed E-state index contributed by atoms with van der Waals surface area (Å²) in [4.78, 5) is 3.59. The number of fused-ring (bicyclic) bond motifs is 3. The molecule has 4 rings (SSSR count). The highest BCUT2D eigenvalue weighted by atomic mass is 35.5. The first-order valence-electron chi connectivity index (χ1n) is 7.05. The maximum absolute atomic E-state index is 6.16. The molecule has 0 amide bonds. The normalized spacial score (nSPS) is 21.6. The molecule has 1 saturated carbocycles. The standard InChI is InChI=1S/C16H18ClN/c17-11-3-4-14-12(9-11)13-10-16(6-1-2-7-16)8-5-15(13)18-14/h3-4,9,18H,1-2,5-8,10H2. The minimum absolute atomic E-state index is 0.616. The maximum Gasteiger partial charge on any atom is 0.0460 e. The fraction of sp³-hybridized carbons (Fsp3) is 0.500. The lowest BCUT2D eigenvalue weighted by atomic mass is 9.72. The Balaban J connectivity index is 1.86. The smallest absolute Gasteiger partial charge is 0.0460 e. The van der Waals surface area contributed by atoms with E-state index in [9.17, 15) is 0 Å². The molecule has 0 radical (unpaired) electrons. The molecule has 1 aromatic heterocycles. The lowest BCUT2D eigenvalue weighted by molar-refractivity contribution is 0.255. The summed E-state index contributed by atoms with van der Waals surface area (Å²) in [6.07, 6.45) is 9.58. The van der Waals surface area contributed by atoms with Crippen molar-refractivity contribution in [1.82, 2.24) is 4.98 Å². The first kappa shape index (κ1) is 10.9. The van der Waals surface area contributed by atoms with Crippen LogP contribution in [-0.4, -0.2) is 4.98 Å². The summed E-state index contributed by atoms with van der Waals surface area (Å²) in [6, 6.07) is 6.24. The number of hydrogen-bond acceptors (Lipinski definition) is 0. The summed E-state index contributed by atoms with van der Waals surface area (Å²) in [6.45, 7) is 0. The monoisotopic (exact) mass is 259 g/mol. The van der Waals surface area contributed by atoms with E-state index in [-0.39, 0.29) is 0 Å². The third kappa shape index (κ3) is 1.53. The SMILES string of the molecule is Clc1ccc2[nH]c3c(c2c1)CC1(CCCC1)CC3. The highest BCUT2D eigenvalue weighted by molar-refractivity contribution is 6.31. The summed E-state index contributed by atoms with van der Waals surface area (Å²) < 4.78 is 0. The quantitative estimate of drug-likeness (QED) is 0.695. The Bertz CT molecular complexity index is 605. The van der Waals surface area contributed by atoms with Crippen molar-refractivity contribution in [2.45, 2.75) is 44.9 Å². The van der Waals surface area contributed by atoms with Gasteiger partial charge < -0.3 is 4.98 Å². The number of halogens is 1. The predicted octanol–water partition coefficient (Wildman–Crippen LogP) is 4.87. The number of aryl methyl sites for hydroxylation is 1. The zero-order valence-electron chi connectivity index (χ0n) is 10.6. The summed E-state index contributed by atoms with van der Waals surface area (Å²) >= 11 is 6.16. The molecule has 2 aromatic rings. The van der Waals surface area contributed by atoms with Gasteiger partial charge in [-0.25, -0.2) is 0 Å². The molecule has 2 aliphatic rings. The Morgan fingerprint density at radius 1 is 1.11 bits per heavy atom. The Hall–Kier alpha value is -0.950. The van der Waals surface area contributed by atoms with Crippen LogP contribution in [0, 0.1) is 5.41 Å². The van der Waals surface area contributed by atoms with Crippen molar-refractivity contribution in [1.29, 1.82) is 0 Å². The molecule has 2 aliphatic carbocycles. The predicted molar refractivity (Wildman–Crippen MR) is 76.2 cm³/mol. The van der Waals surface area contributed by atoms with E-state index in [1.807, 2.05) is 6.07 Å². The van der Waals surface area contributed by atoms with Crippen molar-refractivity contribution in [3.05, 3.63) is 34.5 Å². The van der Waals surface area contributed by atoms with E-state index in [2.05, 4.69) is 17.1 Å². The molecule has 0 unspecified atom stereocenters. The van der Waals surface area contributed by atoms with Crippen LogP contribution in [0.4, 0.5) is 0 Å². The number of hydrogen-bond donors (Lipinski definition) is 1. The van der Waals surface area contributed by atoms with Crippen LogP contribution in [0.5, 0.6) is 0 Å². The van der Waals surface area contributed by atoms with Gasteiger partial charge in [-0.05, 0) is 61.3 Å². The van der Waals surface area contributed by atoms with Crippen LogP contribution in [0.25, 0.3) is 10.9 Å². The van der Waals surface area contributed by atoms with Gasteiger partial charge in [0.1, 0.15) is 0 Å².